The maximum Gasteiger partial charge on any atom is 0.141 e. The Labute approximate surface area is 188 Å². The first kappa shape index (κ1) is 23.5. The Morgan fingerprint density at radius 3 is 1.97 bits per heavy atom. The third kappa shape index (κ3) is 6.18. The van der Waals surface area contributed by atoms with Crippen LogP contribution in [0.3, 0.4) is 0 Å². The van der Waals surface area contributed by atoms with Gasteiger partial charge in [0.15, 0.2) is 0 Å². The molecule has 2 N–H and O–H groups in total. The van der Waals surface area contributed by atoms with Crippen LogP contribution in [0.15, 0.2) is 60.8 Å². The minimum Gasteiger partial charge on any atom is -0.497 e. The Hall–Kier alpha value is -3.16. The predicted molar refractivity (Wildman–Crippen MR) is 124 cm³/mol. The molecule has 3 rings (SSSR count). The number of aromatic nitrogens is 1. The van der Waals surface area contributed by atoms with Gasteiger partial charge in [0.05, 0.1) is 27.0 Å². The summed E-state index contributed by atoms with van der Waals surface area (Å²) in [5.74, 6) is 1.88. The molecule has 170 valence electrons. The van der Waals surface area contributed by atoms with Crippen molar-refractivity contribution in [2.75, 3.05) is 32.3 Å². The van der Waals surface area contributed by atoms with E-state index in [0.717, 1.165) is 28.2 Å². The van der Waals surface area contributed by atoms with E-state index in [-0.39, 0.29) is 12.6 Å². The Morgan fingerprint density at radius 1 is 0.969 bits per heavy atom. The molecule has 0 saturated heterocycles. The van der Waals surface area contributed by atoms with E-state index < -0.39 is 5.82 Å². The van der Waals surface area contributed by atoms with Gasteiger partial charge in [-0.05, 0) is 48.4 Å². The molecule has 0 fully saturated rings. The zero-order valence-electron chi connectivity index (χ0n) is 18.7. The lowest BCUT2D eigenvalue weighted by molar-refractivity contribution is 0.286. The molecular weight excluding hydrogens is 409 g/mol. The number of halogens is 1. The zero-order valence-corrected chi connectivity index (χ0v) is 18.7. The average Bonchev–Trinajstić information content (AvgIpc) is 2.83. The molecule has 7 heteroatoms. The van der Waals surface area contributed by atoms with Crippen LogP contribution < -0.4 is 19.7 Å². The fourth-order valence-corrected chi connectivity index (χ4v) is 3.53. The number of methoxy groups -OCH3 is 2. The number of pyridine rings is 1. The van der Waals surface area contributed by atoms with Gasteiger partial charge in [-0.1, -0.05) is 24.3 Å². The summed E-state index contributed by atoms with van der Waals surface area (Å²) in [7, 11) is 3.28. The van der Waals surface area contributed by atoms with Crippen molar-refractivity contribution in [3.05, 3.63) is 83.3 Å². The Balaban J connectivity index is 1.96. The fourth-order valence-electron chi connectivity index (χ4n) is 3.53. The molecule has 0 aliphatic heterocycles. The third-order valence-electron chi connectivity index (χ3n) is 5.26. The first-order valence-electron chi connectivity index (χ1n) is 10.5. The molecule has 0 saturated carbocycles. The number of hydrogen-bond donors (Lipinski definition) is 2. The highest BCUT2D eigenvalue weighted by molar-refractivity contribution is 5.50. The molecular formula is C25H30FN3O3. The summed E-state index contributed by atoms with van der Waals surface area (Å²) in [4.78, 5) is 6.59. The average molecular weight is 440 g/mol. The van der Waals surface area contributed by atoms with Crippen LogP contribution in [0.5, 0.6) is 11.5 Å². The van der Waals surface area contributed by atoms with Crippen LogP contribution in [0.1, 0.15) is 29.7 Å². The van der Waals surface area contributed by atoms with Gasteiger partial charge in [-0.2, -0.15) is 0 Å². The number of anilines is 1. The molecule has 0 bridgehead atoms. The minimum atomic E-state index is -0.393. The highest BCUT2D eigenvalue weighted by Gasteiger charge is 2.19. The van der Waals surface area contributed by atoms with E-state index in [9.17, 15) is 9.50 Å². The highest BCUT2D eigenvalue weighted by atomic mass is 19.1. The number of ether oxygens (including phenoxy) is 2. The van der Waals surface area contributed by atoms with Gasteiger partial charge >= 0.3 is 0 Å². The molecule has 0 spiro atoms. The molecule has 3 aromatic rings. The maximum absolute atomic E-state index is 14.1. The third-order valence-corrected chi connectivity index (χ3v) is 5.26. The summed E-state index contributed by atoms with van der Waals surface area (Å²) >= 11 is 0. The molecule has 0 unspecified atom stereocenters. The minimum absolute atomic E-state index is 0.00380. The van der Waals surface area contributed by atoms with Gasteiger partial charge in [-0.15, -0.1) is 0 Å². The largest absolute Gasteiger partial charge is 0.497 e. The van der Waals surface area contributed by atoms with Gasteiger partial charge in [-0.25, -0.2) is 9.37 Å². The van der Waals surface area contributed by atoms with E-state index in [0.29, 0.717) is 25.5 Å². The number of hydrogen-bond acceptors (Lipinski definition) is 6. The first-order chi connectivity index (χ1) is 15.5. The van der Waals surface area contributed by atoms with E-state index in [2.05, 4.69) is 15.2 Å². The molecule has 0 radical (unpaired) electrons. The number of nitrogens with one attached hydrogen (secondary N) is 1. The van der Waals surface area contributed by atoms with Crippen molar-refractivity contribution < 1.29 is 19.0 Å². The Kier molecular flexibility index (Phi) is 8.41. The van der Waals surface area contributed by atoms with Crippen molar-refractivity contribution in [2.45, 2.75) is 26.1 Å². The molecule has 6 nitrogen and oxygen atoms in total. The van der Waals surface area contributed by atoms with Gasteiger partial charge in [0, 0.05) is 31.2 Å². The van der Waals surface area contributed by atoms with E-state index >= 15 is 0 Å². The SMILES string of the molecule is COc1ccc(CN(Cc2ccc(OC)cc2)c2ncc(F)cc2[C@@H](C)NCCO)cc1. The lowest BCUT2D eigenvalue weighted by Gasteiger charge is -2.28. The Bertz CT molecular complexity index is 931. The van der Waals surface area contributed by atoms with Crippen molar-refractivity contribution >= 4 is 5.82 Å². The number of benzene rings is 2. The monoisotopic (exact) mass is 439 g/mol. The molecule has 1 atom stereocenters. The van der Waals surface area contributed by atoms with E-state index in [4.69, 9.17) is 9.47 Å². The summed E-state index contributed by atoms with van der Waals surface area (Å²) in [6.45, 7) is 3.51. The molecule has 1 heterocycles. The summed E-state index contributed by atoms with van der Waals surface area (Å²) in [5.41, 5.74) is 2.89. The summed E-state index contributed by atoms with van der Waals surface area (Å²) in [6, 6.07) is 17.1. The van der Waals surface area contributed by atoms with Gasteiger partial charge in [0.25, 0.3) is 0 Å². The van der Waals surface area contributed by atoms with Gasteiger partial charge in [0.1, 0.15) is 23.1 Å². The van der Waals surface area contributed by atoms with Crippen LogP contribution in [-0.4, -0.2) is 37.5 Å². The molecule has 2 aromatic carbocycles. The second kappa shape index (κ2) is 11.5. The van der Waals surface area contributed by atoms with Crippen molar-refractivity contribution in [2.24, 2.45) is 0 Å². The Morgan fingerprint density at radius 2 is 1.50 bits per heavy atom. The van der Waals surface area contributed by atoms with Crippen LogP contribution >= 0.6 is 0 Å². The fraction of sp³-hybridized carbons (Fsp3) is 0.320. The molecule has 32 heavy (non-hydrogen) atoms. The number of nitrogens with zero attached hydrogens (tertiary/aromatic N) is 2. The smallest absolute Gasteiger partial charge is 0.141 e. The normalized spacial score (nSPS) is 11.8. The highest BCUT2D eigenvalue weighted by Crippen LogP contribution is 2.28. The van der Waals surface area contributed by atoms with Crippen LogP contribution in [0.25, 0.3) is 0 Å². The van der Waals surface area contributed by atoms with E-state index in [1.165, 1.54) is 12.3 Å². The lowest BCUT2D eigenvalue weighted by atomic mass is 10.1. The quantitative estimate of drug-likeness (QED) is 0.469. The number of aliphatic hydroxyl groups excluding tert-OH is 1. The van der Waals surface area contributed by atoms with Gasteiger partial charge in [-0.3, -0.25) is 0 Å². The molecule has 0 amide bonds. The van der Waals surface area contributed by atoms with Crippen LogP contribution in [-0.2, 0) is 13.1 Å². The molecule has 1 aromatic heterocycles. The predicted octanol–water partition coefficient (Wildman–Crippen LogP) is 4.09. The topological polar surface area (TPSA) is 66.9 Å². The number of rotatable bonds is 11. The second-order valence-corrected chi connectivity index (χ2v) is 7.52. The van der Waals surface area contributed by atoms with Gasteiger partial charge < -0.3 is 24.8 Å². The van der Waals surface area contributed by atoms with Crippen molar-refractivity contribution in [1.29, 1.82) is 0 Å². The van der Waals surface area contributed by atoms with Crippen molar-refractivity contribution in [3.8, 4) is 11.5 Å². The van der Waals surface area contributed by atoms with Crippen molar-refractivity contribution in [3.63, 3.8) is 0 Å². The van der Waals surface area contributed by atoms with Gasteiger partial charge in [0.2, 0.25) is 0 Å². The van der Waals surface area contributed by atoms with E-state index in [1.54, 1.807) is 14.2 Å². The summed E-state index contributed by atoms with van der Waals surface area (Å²) < 4.78 is 24.7. The second-order valence-electron chi connectivity index (χ2n) is 7.52. The number of aliphatic hydroxyl groups is 1. The molecule has 0 aliphatic carbocycles. The van der Waals surface area contributed by atoms with Crippen LogP contribution in [0.2, 0.25) is 0 Å². The lowest BCUT2D eigenvalue weighted by Crippen LogP contribution is -2.28. The van der Waals surface area contributed by atoms with E-state index in [1.807, 2.05) is 55.5 Å². The molecule has 0 aliphatic rings. The van der Waals surface area contributed by atoms with Crippen LogP contribution in [0.4, 0.5) is 10.2 Å². The summed E-state index contributed by atoms with van der Waals surface area (Å²) in [5, 5.41) is 12.4. The first-order valence-corrected chi connectivity index (χ1v) is 10.5. The summed E-state index contributed by atoms with van der Waals surface area (Å²) in [6.07, 6.45) is 1.24. The standard InChI is InChI=1S/C25H30FN3O3/c1-18(27-12-13-30)24-14-21(26)15-28-25(24)29(16-19-4-8-22(31-2)9-5-19)17-20-6-10-23(32-3)11-7-20/h4-11,14-15,18,27,30H,12-13,16-17H2,1-3H3/t18-/m1/s1. The zero-order chi connectivity index (χ0) is 22.9. The van der Waals surface area contributed by atoms with Crippen LogP contribution in [0, 0.1) is 5.82 Å². The maximum atomic E-state index is 14.1. The van der Waals surface area contributed by atoms with Crippen molar-refractivity contribution in [1.82, 2.24) is 10.3 Å².